The zero-order valence-corrected chi connectivity index (χ0v) is 13.0. The topological polar surface area (TPSA) is 57.1 Å². The lowest BCUT2D eigenvalue weighted by molar-refractivity contribution is -0.130. The van der Waals surface area contributed by atoms with Crippen LogP contribution in [0.2, 0.25) is 0 Å². The second-order valence-corrected chi connectivity index (χ2v) is 4.87. The average molecular weight is 340 g/mol. The van der Waals surface area contributed by atoms with E-state index in [9.17, 15) is 4.79 Å². The Labute approximate surface area is 125 Å². The largest absolute Gasteiger partial charge is 0.492 e. The molecule has 1 heterocycles. The van der Waals surface area contributed by atoms with Crippen LogP contribution in [0.15, 0.2) is 27.3 Å². The first-order valence-corrected chi connectivity index (χ1v) is 6.84. The number of halogens is 1. The smallest absolute Gasteiger partial charge is 0.363 e. The average Bonchev–Trinajstić information content (AvgIpc) is 2.68. The van der Waals surface area contributed by atoms with Crippen molar-refractivity contribution in [2.75, 3.05) is 13.7 Å². The van der Waals surface area contributed by atoms with Gasteiger partial charge in [0.05, 0.1) is 18.2 Å². The molecule has 0 aromatic heterocycles. The SMILES string of the molecule is CCOc1cc(/C=C2/N=C(C)OC2=O)cc(Br)c1OC. The van der Waals surface area contributed by atoms with Crippen LogP contribution >= 0.6 is 15.9 Å². The van der Waals surface area contributed by atoms with Crippen LogP contribution in [-0.4, -0.2) is 25.6 Å². The molecule has 0 spiro atoms. The summed E-state index contributed by atoms with van der Waals surface area (Å²) in [4.78, 5) is 15.6. The van der Waals surface area contributed by atoms with Crippen LogP contribution in [0.25, 0.3) is 6.08 Å². The molecule has 5 nitrogen and oxygen atoms in total. The van der Waals surface area contributed by atoms with Crippen LogP contribution in [0, 0.1) is 0 Å². The molecule has 20 heavy (non-hydrogen) atoms. The van der Waals surface area contributed by atoms with Crippen LogP contribution in [-0.2, 0) is 9.53 Å². The summed E-state index contributed by atoms with van der Waals surface area (Å²) in [7, 11) is 1.57. The lowest BCUT2D eigenvalue weighted by Gasteiger charge is -2.12. The maximum absolute atomic E-state index is 11.5. The van der Waals surface area contributed by atoms with E-state index in [1.54, 1.807) is 26.2 Å². The number of aliphatic imine (C=N–C) groups is 1. The van der Waals surface area contributed by atoms with E-state index >= 15 is 0 Å². The van der Waals surface area contributed by atoms with Crippen molar-refractivity contribution in [2.45, 2.75) is 13.8 Å². The van der Waals surface area contributed by atoms with Gasteiger partial charge in [0.2, 0.25) is 0 Å². The van der Waals surface area contributed by atoms with E-state index in [0.717, 1.165) is 10.0 Å². The van der Waals surface area contributed by atoms with E-state index in [2.05, 4.69) is 20.9 Å². The number of esters is 1. The Morgan fingerprint density at radius 1 is 1.45 bits per heavy atom. The molecule has 1 aliphatic rings. The Morgan fingerprint density at radius 3 is 2.75 bits per heavy atom. The Morgan fingerprint density at radius 2 is 2.20 bits per heavy atom. The number of hydrogen-bond acceptors (Lipinski definition) is 5. The second kappa shape index (κ2) is 6.09. The molecule has 0 radical (unpaired) electrons. The predicted molar refractivity (Wildman–Crippen MR) is 79.0 cm³/mol. The fraction of sp³-hybridized carbons (Fsp3) is 0.286. The summed E-state index contributed by atoms with van der Waals surface area (Å²) in [5.74, 6) is 1.11. The third-order valence-electron chi connectivity index (χ3n) is 2.57. The number of cyclic esters (lactones) is 1. The fourth-order valence-electron chi connectivity index (χ4n) is 1.81. The number of benzene rings is 1. The van der Waals surface area contributed by atoms with Gasteiger partial charge in [-0.3, -0.25) is 0 Å². The van der Waals surface area contributed by atoms with Gasteiger partial charge >= 0.3 is 5.97 Å². The maximum Gasteiger partial charge on any atom is 0.363 e. The minimum absolute atomic E-state index is 0.266. The Balaban J connectivity index is 2.43. The van der Waals surface area contributed by atoms with Crippen molar-refractivity contribution in [3.05, 3.63) is 27.9 Å². The van der Waals surface area contributed by atoms with E-state index in [4.69, 9.17) is 14.2 Å². The highest BCUT2D eigenvalue weighted by Crippen LogP contribution is 2.37. The van der Waals surface area contributed by atoms with Gasteiger partial charge in [-0.2, -0.15) is 0 Å². The highest BCUT2D eigenvalue weighted by molar-refractivity contribution is 9.10. The summed E-state index contributed by atoms with van der Waals surface area (Å²) in [5, 5.41) is 0. The monoisotopic (exact) mass is 339 g/mol. The van der Waals surface area contributed by atoms with E-state index in [1.807, 2.05) is 13.0 Å². The van der Waals surface area contributed by atoms with Gasteiger partial charge in [-0.1, -0.05) is 0 Å². The molecule has 0 bridgehead atoms. The molecule has 2 rings (SSSR count). The molecule has 0 amide bonds. The summed E-state index contributed by atoms with van der Waals surface area (Å²) < 4.78 is 16.4. The molecule has 1 aliphatic heterocycles. The zero-order chi connectivity index (χ0) is 14.7. The molecule has 6 heteroatoms. The molecule has 0 atom stereocenters. The van der Waals surface area contributed by atoms with Crippen molar-refractivity contribution in [1.82, 2.24) is 0 Å². The van der Waals surface area contributed by atoms with Crippen LogP contribution in [0.4, 0.5) is 0 Å². The fourth-order valence-corrected chi connectivity index (χ4v) is 2.43. The number of ether oxygens (including phenoxy) is 3. The first kappa shape index (κ1) is 14.6. The van der Waals surface area contributed by atoms with Crippen molar-refractivity contribution >= 4 is 33.9 Å². The standard InChI is InChI=1S/C14H14BrNO4/c1-4-19-12-7-9(5-10(15)13(12)18-3)6-11-14(17)20-8(2)16-11/h5-7H,4H2,1-3H3/b11-6+. The lowest BCUT2D eigenvalue weighted by atomic mass is 10.1. The predicted octanol–water partition coefficient (Wildman–Crippen LogP) is 3.17. The molecule has 1 aromatic carbocycles. The molecule has 0 saturated carbocycles. The molecular formula is C14H14BrNO4. The number of methoxy groups -OCH3 is 1. The Kier molecular flexibility index (Phi) is 4.44. The minimum Gasteiger partial charge on any atom is -0.492 e. The summed E-state index contributed by atoms with van der Waals surface area (Å²) >= 11 is 3.42. The molecule has 0 aliphatic carbocycles. The van der Waals surface area contributed by atoms with Gasteiger partial charge in [-0.15, -0.1) is 0 Å². The van der Waals surface area contributed by atoms with Gasteiger partial charge < -0.3 is 14.2 Å². The van der Waals surface area contributed by atoms with E-state index in [1.165, 1.54) is 0 Å². The Bertz CT molecular complexity index is 607. The summed E-state index contributed by atoms with van der Waals surface area (Å²) in [6.45, 7) is 4.04. The number of rotatable bonds is 4. The third-order valence-corrected chi connectivity index (χ3v) is 3.16. The number of carbonyl (C=O) groups is 1. The molecule has 0 saturated heterocycles. The normalized spacial score (nSPS) is 16.1. The third kappa shape index (κ3) is 3.01. The summed E-state index contributed by atoms with van der Waals surface area (Å²) in [6.07, 6.45) is 1.64. The number of hydrogen-bond donors (Lipinski definition) is 0. The summed E-state index contributed by atoms with van der Waals surface area (Å²) in [5.41, 5.74) is 1.04. The zero-order valence-electron chi connectivity index (χ0n) is 11.4. The van der Waals surface area contributed by atoms with Gasteiger partial charge in [-0.25, -0.2) is 9.79 Å². The van der Waals surface area contributed by atoms with E-state index in [0.29, 0.717) is 24.0 Å². The van der Waals surface area contributed by atoms with Gasteiger partial charge in [0, 0.05) is 6.92 Å². The lowest BCUT2D eigenvalue weighted by Crippen LogP contribution is -2.00. The van der Waals surface area contributed by atoms with Crippen molar-refractivity contribution in [3.63, 3.8) is 0 Å². The van der Waals surface area contributed by atoms with Crippen molar-refractivity contribution in [1.29, 1.82) is 0 Å². The second-order valence-electron chi connectivity index (χ2n) is 4.02. The quantitative estimate of drug-likeness (QED) is 0.624. The minimum atomic E-state index is -0.451. The van der Waals surface area contributed by atoms with Crippen LogP contribution in [0.1, 0.15) is 19.4 Å². The first-order chi connectivity index (χ1) is 9.55. The number of nitrogens with zero attached hydrogens (tertiary/aromatic N) is 1. The number of carbonyl (C=O) groups excluding carboxylic acids is 1. The summed E-state index contributed by atoms with van der Waals surface area (Å²) in [6, 6.07) is 3.61. The van der Waals surface area contributed by atoms with Crippen molar-refractivity contribution < 1.29 is 19.0 Å². The highest BCUT2D eigenvalue weighted by atomic mass is 79.9. The molecule has 0 fully saturated rings. The molecule has 0 N–H and O–H groups in total. The van der Waals surface area contributed by atoms with E-state index < -0.39 is 5.97 Å². The molecule has 1 aromatic rings. The first-order valence-electron chi connectivity index (χ1n) is 6.04. The van der Waals surface area contributed by atoms with Gasteiger partial charge in [0.25, 0.3) is 0 Å². The van der Waals surface area contributed by atoms with Crippen molar-refractivity contribution in [2.24, 2.45) is 4.99 Å². The molecule has 0 unspecified atom stereocenters. The Hall–Kier alpha value is -1.82. The van der Waals surface area contributed by atoms with Gasteiger partial charge in [0.15, 0.2) is 23.1 Å². The highest BCUT2D eigenvalue weighted by Gasteiger charge is 2.20. The maximum atomic E-state index is 11.5. The van der Waals surface area contributed by atoms with Gasteiger partial charge in [0.1, 0.15) is 0 Å². The van der Waals surface area contributed by atoms with Crippen LogP contribution < -0.4 is 9.47 Å². The molecular weight excluding hydrogens is 326 g/mol. The van der Waals surface area contributed by atoms with Crippen molar-refractivity contribution in [3.8, 4) is 11.5 Å². The van der Waals surface area contributed by atoms with E-state index in [-0.39, 0.29) is 5.70 Å². The van der Waals surface area contributed by atoms with Gasteiger partial charge in [-0.05, 0) is 46.6 Å². The van der Waals surface area contributed by atoms with Crippen LogP contribution in [0.5, 0.6) is 11.5 Å². The van der Waals surface area contributed by atoms with Crippen LogP contribution in [0.3, 0.4) is 0 Å². The molecule has 106 valence electrons.